The minimum absolute atomic E-state index is 0.144. The van der Waals surface area contributed by atoms with Crippen molar-refractivity contribution in [1.29, 1.82) is 0 Å². The minimum Gasteiger partial charge on any atom is -0.464 e. The summed E-state index contributed by atoms with van der Waals surface area (Å²) in [6.07, 6.45) is 1.62. The van der Waals surface area contributed by atoms with Crippen LogP contribution in [-0.2, 0) is 9.53 Å². The topological polar surface area (TPSA) is 89.8 Å². The van der Waals surface area contributed by atoms with Crippen molar-refractivity contribution in [3.05, 3.63) is 74.8 Å². The van der Waals surface area contributed by atoms with Crippen LogP contribution in [0.2, 0.25) is 5.02 Å². The standard InChI is InChI=1S/C21H21ClN2O5S/c1-2-3-10-29-21(26)18-13-30-20(15-7-4-8-16(22)11-15)23(18)19(25)14-6-5-9-17(12-14)24(27)28/h4-9,11-12,18,20H,2-3,10,13H2,1H3. The number of unbranched alkanes of at least 4 members (excludes halogenated alkanes) is 1. The molecule has 1 fully saturated rings. The Balaban J connectivity index is 1.95. The number of hydrogen-bond acceptors (Lipinski definition) is 6. The van der Waals surface area contributed by atoms with Crippen LogP contribution in [0.3, 0.4) is 0 Å². The van der Waals surface area contributed by atoms with Crippen molar-refractivity contribution in [3.8, 4) is 0 Å². The predicted octanol–water partition coefficient (Wildman–Crippen LogP) is 4.85. The first-order valence-corrected chi connectivity index (χ1v) is 11.0. The first kappa shape index (κ1) is 22.1. The van der Waals surface area contributed by atoms with Crippen LogP contribution < -0.4 is 0 Å². The van der Waals surface area contributed by atoms with Crippen molar-refractivity contribution < 1.29 is 19.2 Å². The molecule has 3 rings (SSSR count). The van der Waals surface area contributed by atoms with E-state index in [1.165, 1.54) is 40.9 Å². The van der Waals surface area contributed by atoms with Crippen molar-refractivity contribution >= 4 is 40.9 Å². The number of carbonyl (C=O) groups excluding carboxylic acids is 2. The SMILES string of the molecule is CCCCOC(=O)C1CSC(c2cccc(Cl)c2)N1C(=O)c1cccc([N+](=O)[O-])c1. The van der Waals surface area contributed by atoms with Gasteiger partial charge in [-0.25, -0.2) is 4.79 Å². The number of nitro benzene ring substituents is 1. The molecule has 7 nitrogen and oxygen atoms in total. The van der Waals surface area contributed by atoms with E-state index in [4.69, 9.17) is 16.3 Å². The molecule has 0 spiro atoms. The zero-order valence-electron chi connectivity index (χ0n) is 16.3. The first-order valence-electron chi connectivity index (χ1n) is 9.53. The first-order chi connectivity index (χ1) is 14.4. The Hall–Kier alpha value is -2.58. The normalized spacial score (nSPS) is 18.3. The van der Waals surface area contributed by atoms with Gasteiger partial charge in [0.15, 0.2) is 0 Å². The maximum atomic E-state index is 13.4. The number of rotatable bonds is 7. The molecule has 0 saturated carbocycles. The summed E-state index contributed by atoms with van der Waals surface area (Å²) in [5, 5.41) is 11.2. The number of ether oxygens (including phenoxy) is 1. The quantitative estimate of drug-likeness (QED) is 0.260. The molecule has 158 valence electrons. The number of amides is 1. The van der Waals surface area contributed by atoms with Gasteiger partial charge in [0.05, 0.1) is 11.5 Å². The molecule has 1 aliphatic rings. The summed E-state index contributed by atoms with van der Waals surface area (Å²) in [6, 6.07) is 11.8. The lowest BCUT2D eigenvalue weighted by atomic mass is 10.1. The second kappa shape index (κ2) is 9.95. The number of benzene rings is 2. The summed E-state index contributed by atoms with van der Waals surface area (Å²) in [6.45, 7) is 2.28. The van der Waals surface area contributed by atoms with Gasteiger partial charge in [0.25, 0.3) is 11.6 Å². The highest BCUT2D eigenvalue weighted by atomic mass is 35.5. The van der Waals surface area contributed by atoms with Crippen LogP contribution in [-0.4, -0.2) is 40.1 Å². The minimum atomic E-state index is -0.789. The van der Waals surface area contributed by atoms with Crippen LogP contribution in [0.5, 0.6) is 0 Å². The second-order valence-corrected chi connectivity index (χ2v) is 8.35. The van der Waals surface area contributed by atoms with E-state index >= 15 is 0 Å². The third kappa shape index (κ3) is 4.94. The molecule has 2 unspecified atom stereocenters. The summed E-state index contributed by atoms with van der Waals surface area (Å²) < 4.78 is 5.37. The fraction of sp³-hybridized carbons (Fsp3) is 0.333. The van der Waals surface area contributed by atoms with Crippen molar-refractivity contribution in [1.82, 2.24) is 4.90 Å². The van der Waals surface area contributed by atoms with Crippen molar-refractivity contribution in [3.63, 3.8) is 0 Å². The van der Waals surface area contributed by atoms with Gasteiger partial charge in [-0.05, 0) is 30.2 Å². The number of carbonyl (C=O) groups is 2. The molecule has 1 aliphatic heterocycles. The molecule has 0 N–H and O–H groups in total. The van der Waals surface area contributed by atoms with E-state index in [2.05, 4.69) is 0 Å². The molecule has 0 bridgehead atoms. The fourth-order valence-electron chi connectivity index (χ4n) is 3.17. The molecule has 2 aromatic rings. The molecule has 9 heteroatoms. The molecule has 1 amide bonds. The van der Waals surface area contributed by atoms with Crippen LogP contribution in [0.15, 0.2) is 48.5 Å². The summed E-state index contributed by atoms with van der Waals surface area (Å²) in [5.41, 5.74) is 0.731. The van der Waals surface area contributed by atoms with Crippen LogP contribution >= 0.6 is 23.4 Å². The Morgan fingerprint density at radius 2 is 2.03 bits per heavy atom. The van der Waals surface area contributed by atoms with Crippen LogP contribution in [0.25, 0.3) is 0 Å². The molecule has 2 aromatic carbocycles. The van der Waals surface area contributed by atoms with E-state index in [9.17, 15) is 19.7 Å². The van der Waals surface area contributed by atoms with Crippen molar-refractivity contribution in [2.24, 2.45) is 0 Å². The second-order valence-electron chi connectivity index (χ2n) is 6.80. The predicted molar refractivity (Wildman–Crippen MR) is 116 cm³/mol. The molecule has 2 atom stereocenters. The van der Waals surface area contributed by atoms with Gasteiger partial charge < -0.3 is 9.64 Å². The van der Waals surface area contributed by atoms with Crippen LogP contribution in [0.1, 0.15) is 41.1 Å². The molecule has 0 aromatic heterocycles. The number of thioether (sulfide) groups is 1. The lowest BCUT2D eigenvalue weighted by molar-refractivity contribution is -0.384. The molecule has 0 radical (unpaired) electrons. The average molecular weight is 449 g/mol. The van der Waals surface area contributed by atoms with Gasteiger partial charge in [0, 0.05) is 28.5 Å². The number of non-ortho nitro benzene ring substituents is 1. The smallest absolute Gasteiger partial charge is 0.329 e. The van der Waals surface area contributed by atoms with Gasteiger partial charge >= 0.3 is 5.97 Å². The zero-order chi connectivity index (χ0) is 21.7. The van der Waals surface area contributed by atoms with E-state index in [1.807, 2.05) is 13.0 Å². The van der Waals surface area contributed by atoms with E-state index in [0.717, 1.165) is 18.4 Å². The highest BCUT2D eigenvalue weighted by molar-refractivity contribution is 7.99. The maximum Gasteiger partial charge on any atom is 0.329 e. The molecule has 1 saturated heterocycles. The summed E-state index contributed by atoms with van der Waals surface area (Å²) in [5.74, 6) is -0.576. The lowest BCUT2D eigenvalue weighted by Gasteiger charge is -2.28. The number of halogens is 1. The zero-order valence-corrected chi connectivity index (χ0v) is 17.9. The number of nitro groups is 1. The van der Waals surface area contributed by atoms with Crippen molar-refractivity contribution in [2.75, 3.05) is 12.4 Å². The summed E-state index contributed by atoms with van der Waals surface area (Å²) in [4.78, 5) is 38.1. The van der Waals surface area contributed by atoms with Crippen LogP contribution in [0.4, 0.5) is 5.69 Å². The Bertz CT molecular complexity index is 954. The Morgan fingerprint density at radius 1 is 1.27 bits per heavy atom. The third-order valence-corrected chi connectivity index (χ3v) is 6.25. The Morgan fingerprint density at radius 3 is 2.73 bits per heavy atom. The van der Waals surface area contributed by atoms with Gasteiger partial charge in [-0.3, -0.25) is 14.9 Å². The van der Waals surface area contributed by atoms with E-state index in [-0.39, 0.29) is 17.9 Å². The molecule has 30 heavy (non-hydrogen) atoms. The molecule has 0 aliphatic carbocycles. The fourth-order valence-corrected chi connectivity index (χ4v) is 4.77. The van der Waals surface area contributed by atoms with Gasteiger partial charge in [0.1, 0.15) is 11.4 Å². The van der Waals surface area contributed by atoms with Gasteiger partial charge in [-0.15, -0.1) is 11.8 Å². The van der Waals surface area contributed by atoms with Gasteiger partial charge in [-0.1, -0.05) is 43.1 Å². The van der Waals surface area contributed by atoms with E-state index in [0.29, 0.717) is 10.8 Å². The number of esters is 1. The lowest BCUT2D eigenvalue weighted by Crippen LogP contribution is -2.44. The maximum absolute atomic E-state index is 13.4. The highest BCUT2D eigenvalue weighted by Gasteiger charge is 2.43. The van der Waals surface area contributed by atoms with Gasteiger partial charge in [-0.2, -0.15) is 0 Å². The number of nitrogens with zero attached hydrogens (tertiary/aromatic N) is 2. The Labute approximate surface area is 183 Å². The van der Waals surface area contributed by atoms with Crippen LogP contribution in [0, 0.1) is 10.1 Å². The van der Waals surface area contributed by atoms with E-state index < -0.39 is 28.2 Å². The summed E-state index contributed by atoms with van der Waals surface area (Å²) in [7, 11) is 0. The Kier molecular flexibility index (Phi) is 7.33. The third-order valence-electron chi connectivity index (χ3n) is 4.69. The largest absolute Gasteiger partial charge is 0.464 e. The molecular formula is C21H21ClN2O5S. The average Bonchev–Trinajstić information content (AvgIpc) is 3.18. The molecular weight excluding hydrogens is 428 g/mol. The number of hydrogen-bond donors (Lipinski definition) is 0. The summed E-state index contributed by atoms with van der Waals surface area (Å²) >= 11 is 7.56. The molecule has 1 heterocycles. The van der Waals surface area contributed by atoms with Crippen molar-refractivity contribution in [2.45, 2.75) is 31.2 Å². The van der Waals surface area contributed by atoms with E-state index in [1.54, 1.807) is 18.2 Å². The van der Waals surface area contributed by atoms with Gasteiger partial charge in [0.2, 0.25) is 0 Å². The highest BCUT2D eigenvalue weighted by Crippen LogP contribution is 2.43. The monoisotopic (exact) mass is 448 g/mol.